The van der Waals surface area contributed by atoms with Crippen LogP contribution in [0, 0.1) is 5.92 Å². The second-order valence-electron chi connectivity index (χ2n) is 14.3. The van der Waals surface area contributed by atoms with Crippen LogP contribution in [-0.2, 0) is 42.9 Å². The minimum Gasteiger partial charge on any atom is -0.459 e. The largest absolute Gasteiger partial charge is 0.459 e. The van der Waals surface area contributed by atoms with E-state index in [0.29, 0.717) is 30.6 Å². The van der Waals surface area contributed by atoms with Gasteiger partial charge in [-0.3, -0.25) is 14.4 Å². The first-order valence-electron chi connectivity index (χ1n) is 18.3. The fraction of sp³-hybridized carbons (Fsp3) is 0.838. The van der Waals surface area contributed by atoms with Crippen LogP contribution in [0.4, 0.5) is 0 Å². The molecule has 1 aliphatic heterocycles. The summed E-state index contributed by atoms with van der Waals surface area (Å²) < 4.78 is 30.3. The second-order valence-corrected chi connectivity index (χ2v) is 14.3. The number of fused-ring (bicyclic) bond motifs is 3. The van der Waals surface area contributed by atoms with Gasteiger partial charge in [0.05, 0.1) is 5.92 Å². The van der Waals surface area contributed by atoms with Crippen molar-refractivity contribution in [1.29, 1.82) is 0 Å². The highest BCUT2D eigenvalue weighted by atomic mass is 16.6. The number of aliphatic hydroxyl groups is 2. The lowest BCUT2D eigenvalue weighted by Gasteiger charge is -2.42. The summed E-state index contributed by atoms with van der Waals surface area (Å²) in [6.07, 6.45) is 6.51. The molecule has 8 atom stereocenters. The highest BCUT2D eigenvalue weighted by Crippen LogP contribution is 2.57. The zero-order valence-electron chi connectivity index (χ0n) is 30.3. The van der Waals surface area contributed by atoms with Crippen LogP contribution < -0.4 is 0 Å². The van der Waals surface area contributed by atoms with E-state index in [-0.39, 0.29) is 19.3 Å². The summed E-state index contributed by atoms with van der Waals surface area (Å²) in [4.78, 5) is 52.3. The van der Waals surface area contributed by atoms with E-state index in [4.69, 9.17) is 23.7 Å². The number of esters is 4. The van der Waals surface area contributed by atoms with Crippen LogP contribution in [0.25, 0.3) is 0 Å². The molecule has 0 bridgehead atoms. The van der Waals surface area contributed by atoms with Gasteiger partial charge in [-0.15, -0.1) is 0 Å². The number of hydrogen-bond acceptors (Lipinski definition) is 11. The third-order valence-corrected chi connectivity index (χ3v) is 10.3. The molecule has 0 unspecified atom stereocenters. The Balaban J connectivity index is 2.09. The normalized spacial score (nSPS) is 32.7. The summed E-state index contributed by atoms with van der Waals surface area (Å²) >= 11 is 0. The molecule has 0 aromatic carbocycles. The number of rotatable bonds is 19. The van der Waals surface area contributed by atoms with Gasteiger partial charge in [-0.2, -0.15) is 0 Å². The Kier molecular flexibility index (Phi) is 14.5. The van der Waals surface area contributed by atoms with Crippen LogP contribution >= 0.6 is 0 Å². The molecule has 274 valence electrons. The average molecular weight is 681 g/mol. The van der Waals surface area contributed by atoms with Crippen LogP contribution in [-0.4, -0.2) is 81.9 Å². The Bertz CT molecular complexity index is 1160. The zero-order chi connectivity index (χ0) is 35.7. The van der Waals surface area contributed by atoms with Crippen LogP contribution in [0.3, 0.4) is 0 Å². The predicted octanol–water partition coefficient (Wildman–Crippen LogP) is 5.80. The van der Waals surface area contributed by atoms with Gasteiger partial charge in [0.25, 0.3) is 0 Å². The number of carbonyl (C=O) groups is 4. The van der Waals surface area contributed by atoms with E-state index in [9.17, 15) is 29.4 Å². The van der Waals surface area contributed by atoms with E-state index < -0.39 is 71.0 Å². The Labute approximate surface area is 286 Å². The van der Waals surface area contributed by atoms with Crippen LogP contribution in [0.1, 0.15) is 145 Å². The van der Waals surface area contributed by atoms with Gasteiger partial charge in [-0.1, -0.05) is 78.6 Å². The molecule has 48 heavy (non-hydrogen) atoms. The van der Waals surface area contributed by atoms with Crippen molar-refractivity contribution in [1.82, 2.24) is 0 Å². The minimum absolute atomic E-state index is 0.0243. The van der Waals surface area contributed by atoms with Crippen molar-refractivity contribution in [3.05, 3.63) is 11.1 Å². The maximum atomic E-state index is 13.4. The molecule has 1 saturated carbocycles. The predicted molar refractivity (Wildman–Crippen MR) is 178 cm³/mol. The van der Waals surface area contributed by atoms with E-state index >= 15 is 0 Å². The number of hydrogen-bond donors (Lipinski definition) is 2. The van der Waals surface area contributed by atoms with E-state index in [2.05, 4.69) is 13.8 Å². The molecule has 2 fully saturated rings. The third kappa shape index (κ3) is 8.62. The van der Waals surface area contributed by atoms with E-state index in [1.54, 1.807) is 20.8 Å². The molecule has 0 amide bonds. The van der Waals surface area contributed by atoms with Gasteiger partial charge in [0.1, 0.15) is 23.9 Å². The average Bonchev–Trinajstić information content (AvgIpc) is 3.34. The van der Waals surface area contributed by atoms with E-state index in [1.165, 1.54) is 13.3 Å². The second kappa shape index (κ2) is 17.4. The van der Waals surface area contributed by atoms with Crippen molar-refractivity contribution in [3.63, 3.8) is 0 Å². The van der Waals surface area contributed by atoms with E-state index in [1.807, 2.05) is 0 Å². The summed E-state index contributed by atoms with van der Waals surface area (Å²) in [7, 11) is 0. The zero-order valence-corrected chi connectivity index (χ0v) is 30.3. The SMILES string of the molecule is CCCCCCCCO[C@@H]1C(C)=C2[C@H]([C@@H]1OC(=O)CCCCCCC)[C@@](C)(OC(C)=O)C[C@H](OC(=O)CCC)[C@@]1(O)[C@H]2OC(=O)[C@@]1(C)O. The quantitative estimate of drug-likeness (QED) is 0.0737. The number of ether oxygens (including phenoxy) is 5. The lowest BCUT2D eigenvalue weighted by molar-refractivity contribution is -0.212. The molecule has 3 rings (SSSR count). The molecular weight excluding hydrogens is 620 g/mol. The number of carbonyl (C=O) groups excluding carboxylic acids is 4. The summed E-state index contributed by atoms with van der Waals surface area (Å²) in [5.74, 6) is -3.77. The van der Waals surface area contributed by atoms with Crippen molar-refractivity contribution in [3.8, 4) is 0 Å². The standard InChI is InChI=1S/C37H60O11/c1-8-11-13-15-17-19-22-44-31-24(4)29-30(32(31)46-28(40)21-18-16-14-12-9-2)35(6,48-25(5)38)23-26(45-27(39)20-10-3)37(43)33(29)47-34(41)36(37,7)42/h26,30-33,42-43H,8-23H2,1-7H3/t26-,30+,31+,32-,33-,35-,36+,37+/m0/s1. The fourth-order valence-corrected chi connectivity index (χ4v) is 7.73. The van der Waals surface area contributed by atoms with Crippen LogP contribution in [0.5, 0.6) is 0 Å². The number of unbranched alkanes of at least 4 members (excludes halogenated alkanes) is 9. The van der Waals surface area contributed by atoms with Gasteiger partial charge in [-0.25, -0.2) is 4.79 Å². The molecule has 0 spiro atoms. The molecule has 11 nitrogen and oxygen atoms in total. The highest BCUT2D eigenvalue weighted by molar-refractivity contribution is 5.85. The van der Waals surface area contributed by atoms with Crippen molar-refractivity contribution in [2.45, 2.75) is 186 Å². The van der Waals surface area contributed by atoms with E-state index in [0.717, 1.165) is 64.7 Å². The molecular formula is C37H60O11. The molecule has 1 heterocycles. The van der Waals surface area contributed by atoms with Crippen molar-refractivity contribution in [2.24, 2.45) is 5.92 Å². The summed E-state index contributed by atoms with van der Waals surface area (Å²) in [5, 5.41) is 24.0. The molecule has 0 aromatic rings. The Morgan fingerprint density at radius 3 is 2.02 bits per heavy atom. The molecule has 11 heteroatoms. The maximum absolute atomic E-state index is 13.4. The summed E-state index contributed by atoms with van der Waals surface area (Å²) in [5.41, 5.74) is -5.61. The smallest absolute Gasteiger partial charge is 0.341 e. The van der Waals surface area contributed by atoms with Crippen LogP contribution in [0.15, 0.2) is 11.1 Å². The van der Waals surface area contributed by atoms with Gasteiger partial charge in [-0.05, 0) is 51.2 Å². The highest BCUT2D eigenvalue weighted by Gasteiger charge is 2.75. The van der Waals surface area contributed by atoms with Gasteiger partial charge in [0.2, 0.25) is 0 Å². The maximum Gasteiger partial charge on any atom is 0.341 e. The van der Waals surface area contributed by atoms with Gasteiger partial charge in [0, 0.05) is 32.8 Å². The van der Waals surface area contributed by atoms with Crippen molar-refractivity contribution in [2.75, 3.05) is 6.61 Å². The minimum atomic E-state index is -2.49. The molecule has 2 N–H and O–H groups in total. The lowest BCUT2D eigenvalue weighted by atomic mass is 9.75. The Hall–Kier alpha value is -2.50. The molecule has 3 aliphatic rings. The first-order valence-corrected chi connectivity index (χ1v) is 18.3. The van der Waals surface area contributed by atoms with Gasteiger partial charge >= 0.3 is 23.9 Å². The first-order chi connectivity index (χ1) is 22.7. The third-order valence-electron chi connectivity index (χ3n) is 10.3. The van der Waals surface area contributed by atoms with Crippen molar-refractivity contribution < 1.29 is 53.1 Å². The van der Waals surface area contributed by atoms with Gasteiger partial charge in [0.15, 0.2) is 17.3 Å². The molecule has 1 saturated heterocycles. The lowest BCUT2D eigenvalue weighted by Crippen LogP contribution is -2.64. The topological polar surface area (TPSA) is 155 Å². The molecule has 0 aromatic heterocycles. The summed E-state index contributed by atoms with van der Waals surface area (Å²) in [6, 6.07) is 0. The summed E-state index contributed by atoms with van der Waals surface area (Å²) in [6.45, 7) is 12.2. The van der Waals surface area contributed by atoms with Crippen LogP contribution in [0.2, 0.25) is 0 Å². The van der Waals surface area contributed by atoms with Gasteiger partial charge < -0.3 is 33.9 Å². The monoisotopic (exact) mass is 680 g/mol. The van der Waals surface area contributed by atoms with Crippen molar-refractivity contribution >= 4 is 23.9 Å². The molecule has 0 radical (unpaired) electrons. The Morgan fingerprint density at radius 2 is 1.42 bits per heavy atom. The first kappa shape index (κ1) is 39.9. The Morgan fingerprint density at radius 1 is 0.833 bits per heavy atom. The fourth-order valence-electron chi connectivity index (χ4n) is 7.73. The molecule has 2 aliphatic carbocycles.